The number of aromatic nitrogens is 2. The molecule has 0 radical (unpaired) electrons. The van der Waals surface area contributed by atoms with Crippen molar-refractivity contribution in [3.8, 4) is 11.3 Å². The highest BCUT2D eigenvalue weighted by Gasteiger charge is 2.19. The molecule has 0 fully saturated rings. The minimum atomic E-state index is 0.378. The van der Waals surface area contributed by atoms with Crippen LogP contribution >= 0.6 is 0 Å². The fourth-order valence-corrected chi connectivity index (χ4v) is 2.75. The van der Waals surface area contributed by atoms with Crippen molar-refractivity contribution >= 4 is 5.82 Å². The van der Waals surface area contributed by atoms with Gasteiger partial charge in [-0.2, -0.15) is 0 Å². The van der Waals surface area contributed by atoms with Crippen molar-refractivity contribution in [1.82, 2.24) is 9.55 Å². The quantitative estimate of drug-likeness (QED) is 0.867. The summed E-state index contributed by atoms with van der Waals surface area (Å²) in [5.74, 6) is 2.28. The highest BCUT2D eigenvalue weighted by molar-refractivity contribution is 5.74. The summed E-state index contributed by atoms with van der Waals surface area (Å²) in [5, 5.41) is 0. The first kappa shape index (κ1) is 15.6. The normalized spacial score (nSPS) is 11.3. The molecule has 0 aliphatic rings. The van der Waals surface area contributed by atoms with E-state index in [1.165, 1.54) is 11.1 Å². The van der Waals surface area contributed by atoms with Gasteiger partial charge in [0, 0.05) is 18.0 Å². The maximum Gasteiger partial charge on any atom is 0.131 e. The third-order valence-corrected chi connectivity index (χ3v) is 3.93. The average molecular weight is 285 g/mol. The summed E-state index contributed by atoms with van der Waals surface area (Å²) < 4.78 is 2.20. The van der Waals surface area contributed by atoms with Crippen molar-refractivity contribution < 1.29 is 0 Å². The van der Waals surface area contributed by atoms with Crippen LogP contribution in [0.5, 0.6) is 0 Å². The van der Waals surface area contributed by atoms with Gasteiger partial charge >= 0.3 is 0 Å². The van der Waals surface area contributed by atoms with E-state index in [2.05, 4.69) is 57.4 Å². The lowest BCUT2D eigenvalue weighted by molar-refractivity contribution is 0.588. The molecular formula is C18H27N3. The van der Waals surface area contributed by atoms with Crippen molar-refractivity contribution in [2.75, 3.05) is 5.73 Å². The van der Waals surface area contributed by atoms with E-state index in [0.29, 0.717) is 5.92 Å². The van der Waals surface area contributed by atoms with Crippen LogP contribution in [0.3, 0.4) is 0 Å². The number of nitrogens with two attached hydrogens (primary N) is 1. The van der Waals surface area contributed by atoms with Gasteiger partial charge in [-0.05, 0) is 25.8 Å². The zero-order valence-corrected chi connectivity index (χ0v) is 13.9. The van der Waals surface area contributed by atoms with E-state index in [4.69, 9.17) is 10.7 Å². The topological polar surface area (TPSA) is 43.8 Å². The lowest BCUT2D eigenvalue weighted by atomic mass is 10.0. The third-order valence-electron chi connectivity index (χ3n) is 3.93. The van der Waals surface area contributed by atoms with Gasteiger partial charge in [-0.15, -0.1) is 0 Å². The fourth-order valence-electron chi connectivity index (χ4n) is 2.75. The second-order valence-corrected chi connectivity index (χ2v) is 6.18. The number of aryl methyl sites for hydroxylation is 2. The number of unbranched alkanes of at least 4 members (excludes halogenated alkanes) is 1. The van der Waals surface area contributed by atoms with Gasteiger partial charge < -0.3 is 10.3 Å². The van der Waals surface area contributed by atoms with Crippen molar-refractivity contribution in [2.24, 2.45) is 0 Å². The molecule has 3 nitrogen and oxygen atoms in total. The second-order valence-electron chi connectivity index (χ2n) is 6.18. The smallest absolute Gasteiger partial charge is 0.131 e. The molecular weight excluding hydrogens is 258 g/mol. The Morgan fingerprint density at radius 3 is 2.52 bits per heavy atom. The Balaban J connectivity index is 2.54. The molecule has 114 valence electrons. The van der Waals surface area contributed by atoms with Crippen molar-refractivity contribution in [1.29, 1.82) is 0 Å². The molecule has 21 heavy (non-hydrogen) atoms. The van der Waals surface area contributed by atoms with Crippen molar-refractivity contribution in [3.63, 3.8) is 0 Å². The molecule has 3 heteroatoms. The molecule has 0 saturated carbocycles. The zero-order valence-electron chi connectivity index (χ0n) is 13.9. The first-order chi connectivity index (χ1) is 9.95. The summed E-state index contributed by atoms with van der Waals surface area (Å²) in [5.41, 5.74) is 11.0. The van der Waals surface area contributed by atoms with Crippen LogP contribution in [0.2, 0.25) is 0 Å². The monoisotopic (exact) mass is 285 g/mol. The molecule has 0 bridgehead atoms. The first-order valence-electron chi connectivity index (χ1n) is 7.89. The van der Waals surface area contributed by atoms with Crippen LogP contribution in [0.1, 0.15) is 56.5 Å². The summed E-state index contributed by atoms with van der Waals surface area (Å²) >= 11 is 0. The van der Waals surface area contributed by atoms with Crippen LogP contribution in [0.25, 0.3) is 11.3 Å². The molecule has 2 N–H and O–H groups in total. The number of rotatable bonds is 5. The van der Waals surface area contributed by atoms with Gasteiger partial charge in [-0.3, -0.25) is 0 Å². The second kappa shape index (κ2) is 6.33. The van der Waals surface area contributed by atoms with Gasteiger partial charge in [0.05, 0.1) is 0 Å². The minimum absolute atomic E-state index is 0.378. The molecule has 2 rings (SSSR count). The van der Waals surface area contributed by atoms with E-state index >= 15 is 0 Å². The van der Waals surface area contributed by atoms with E-state index < -0.39 is 0 Å². The van der Waals surface area contributed by atoms with E-state index in [9.17, 15) is 0 Å². The SMILES string of the molecule is CCCCn1c(C(C)C)nc(-c2ccc(C)cc2C)c1N. The van der Waals surface area contributed by atoms with Gasteiger partial charge in [-0.1, -0.05) is 51.0 Å². The number of nitrogen functional groups attached to an aromatic ring is 1. The van der Waals surface area contributed by atoms with Crippen LogP contribution in [-0.4, -0.2) is 9.55 Å². The van der Waals surface area contributed by atoms with E-state index in [0.717, 1.165) is 42.3 Å². The van der Waals surface area contributed by atoms with Crippen LogP contribution < -0.4 is 5.73 Å². The molecule has 2 aromatic rings. The zero-order chi connectivity index (χ0) is 15.6. The van der Waals surface area contributed by atoms with E-state index in [-0.39, 0.29) is 0 Å². The number of imidazole rings is 1. The Bertz CT molecular complexity index is 624. The van der Waals surface area contributed by atoms with E-state index in [1.54, 1.807) is 0 Å². The highest BCUT2D eigenvalue weighted by Crippen LogP contribution is 2.32. The standard InChI is InChI=1S/C18H27N3/c1-6-7-10-21-17(19)16(20-18(21)12(2)3)15-9-8-13(4)11-14(15)5/h8-9,11-12H,6-7,10,19H2,1-5H3. The predicted molar refractivity (Wildman–Crippen MR) is 90.5 cm³/mol. The minimum Gasteiger partial charge on any atom is -0.383 e. The number of hydrogen-bond donors (Lipinski definition) is 1. The molecule has 1 aromatic carbocycles. The van der Waals surface area contributed by atoms with Gasteiger partial charge in [0.25, 0.3) is 0 Å². The van der Waals surface area contributed by atoms with Gasteiger partial charge in [0.15, 0.2) is 0 Å². The molecule has 0 aliphatic carbocycles. The molecule has 0 unspecified atom stereocenters. The number of benzene rings is 1. The maximum absolute atomic E-state index is 6.42. The van der Waals surface area contributed by atoms with Crippen molar-refractivity contribution in [2.45, 2.75) is 59.9 Å². The Kier molecular flexibility index (Phi) is 4.71. The van der Waals surface area contributed by atoms with Gasteiger partial charge in [-0.25, -0.2) is 4.98 Å². The summed E-state index contributed by atoms with van der Waals surface area (Å²) in [7, 11) is 0. The summed E-state index contributed by atoms with van der Waals surface area (Å²) in [6, 6.07) is 6.45. The predicted octanol–water partition coefficient (Wildman–Crippen LogP) is 4.67. The molecule has 0 aliphatic heterocycles. The number of hydrogen-bond acceptors (Lipinski definition) is 2. The molecule has 0 saturated heterocycles. The van der Waals surface area contributed by atoms with Gasteiger partial charge in [0.1, 0.15) is 17.3 Å². The Labute approximate surface area is 128 Å². The lowest BCUT2D eigenvalue weighted by Crippen LogP contribution is -2.08. The van der Waals surface area contributed by atoms with Gasteiger partial charge in [0.2, 0.25) is 0 Å². The summed E-state index contributed by atoms with van der Waals surface area (Å²) in [6.07, 6.45) is 2.29. The number of nitrogens with zero attached hydrogens (tertiary/aromatic N) is 2. The lowest BCUT2D eigenvalue weighted by Gasteiger charge is -2.11. The average Bonchev–Trinajstić information content (AvgIpc) is 2.74. The third kappa shape index (κ3) is 3.12. The Hall–Kier alpha value is -1.77. The van der Waals surface area contributed by atoms with E-state index in [1.807, 2.05) is 0 Å². The molecule has 0 spiro atoms. The summed E-state index contributed by atoms with van der Waals surface area (Å²) in [6.45, 7) is 11.7. The first-order valence-corrected chi connectivity index (χ1v) is 7.89. The Morgan fingerprint density at radius 1 is 1.24 bits per heavy atom. The molecule has 0 amide bonds. The fraction of sp³-hybridized carbons (Fsp3) is 0.500. The maximum atomic E-state index is 6.42. The largest absolute Gasteiger partial charge is 0.383 e. The number of anilines is 1. The molecule has 1 heterocycles. The van der Waals surface area contributed by atoms with Crippen LogP contribution in [0, 0.1) is 13.8 Å². The molecule has 1 aromatic heterocycles. The Morgan fingerprint density at radius 2 is 1.95 bits per heavy atom. The molecule has 0 atom stereocenters. The highest BCUT2D eigenvalue weighted by atomic mass is 15.1. The van der Waals surface area contributed by atoms with Crippen LogP contribution in [-0.2, 0) is 6.54 Å². The summed E-state index contributed by atoms with van der Waals surface area (Å²) in [4.78, 5) is 4.86. The van der Waals surface area contributed by atoms with Crippen LogP contribution in [0.4, 0.5) is 5.82 Å². The van der Waals surface area contributed by atoms with Crippen molar-refractivity contribution in [3.05, 3.63) is 35.2 Å². The van der Waals surface area contributed by atoms with Crippen LogP contribution in [0.15, 0.2) is 18.2 Å².